The molecular weight excluding hydrogens is 246 g/mol. The molecule has 19 heavy (non-hydrogen) atoms. The molecule has 0 aliphatic heterocycles. The molecule has 1 atom stereocenters. The van der Waals surface area contributed by atoms with Gasteiger partial charge in [0, 0.05) is 13.3 Å². The third-order valence-corrected chi connectivity index (χ3v) is 2.32. The number of ether oxygens (including phenoxy) is 2. The van der Waals surface area contributed by atoms with E-state index in [1.807, 2.05) is 13.8 Å². The predicted octanol–water partition coefficient (Wildman–Crippen LogP) is 2.10. The van der Waals surface area contributed by atoms with Crippen molar-refractivity contribution in [2.24, 2.45) is 11.7 Å². The van der Waals surface area contributed by atoms with Gasteiger partial charge in [-0.05, 0) is 18.1 Å². The first-order chi connectivity index (χ1) is 8.90. The number of carbonyl (C=O) groups is 2. The van der Waals surface area contributed by atoms with E-state index in [0.29, 0.717) is 12.3 Å². The summed E-state index contributed by atoms with van der Waals surface area (Å²) in [5.41, 5.74) is 5.90. The fourth-order valence-electron chi connectivity index (χ4n) is 1.59. The molecule has 0 aromatic heterocycles. The molecule has 0 saturated heterocycles. The molecule has 0 heterocycles. The van der Waals surface area contributed by atoms with Crippen molar-refractivity contribution >= 4 is 11.9 Å². The molecule has 2 N–H and O–H groups in total. The predicted molar refractivity (Wildman–Crippen MR) is 70.6 cm³/mol. The summed E-state index contributed by atoms with van der Waals surface area (Å²) in [6, 6.07) is 6.40. The third-order valence-electron chi connectivity index (χ3n) is 2.32. The van der Waals surface area contributed by atoms with Crippen molar-refractivity contribution in [2.45, 2.75) is 33.4 Å². The van der Waals surface area contributed by atoms with Crippen molar-refractivity contribution in [1.82, 2.24) is 0 Å². The molecule has 0 radical (unpaired) electrons. The highest BCUT2D eigenvalue weighted by Gasteiger charge is 2.18. The molecule has 1 unspecified atom stereocenters. The lowest BCUT2D eigenvalue weighted by Gasteiger charge is -2.16. The van der Waals surface area contributed by atoms with Gasteiger partial charge in [0.25, 0.3) is 0 Å². The van der Waals surface area contributed by atoms with Crippen LogP contribution in [0.25, 0.3) is 0 Å². The molecule has 0 spiro atoms. The Morgan fingerprint density at radius 3 is 2.47 bits per heavy atom. The molecular formula is C14H19NO4. The molecule has 0 aliphatic carbocycles. The lowest BCUT2D eigenvalue weighted by Crippen LogP contribution is -2.29. The lowest BCUT2D eigenvalue weighted by molar-refractivity contribution is -0.131. The Morgan fingerprint density at radius 2 is 1.89 bits per heavy atom. The van der Waals surface area contributed by atoms with Crippen molar-refractivity contribution in [1.29, 1.82) is 0 Å². The van der Waals surface area contributed by atoms with Crippen LogP contribution in [0.1, 0.15) is 37.6 Å². The average molecular weight is 265 g/mol. The molecule has 0 bridgehead atoms. The summed E-state index contributed by atoms with van der Waals surface area (Å²) >= 11 is 0. The number of esters is 2. The van der Waals surface area contributed by atoms with Crippen molar-refractivity contribution in [3.8, 4) is 5.75 Å². The number of carbonyl (C=O) groups excluding carboxylic acids is 2. The second-order valence-electron chi connectivity index (χ2n) is 4.66. The van der Waals surface area contributed by atoms with Gasteiger partial charge in [0.2, 0.25) is 0 Å². The highest BCUT2D eigenvalue weighted by Crippen LogP contribution is 2.20. The normalized spacial score (nSPS) is 12.1. The maximum atomic E-state index is 11.9. The molecule has 104 valence electrons. The summed E-state index contributed by atoms with van der Waals surface area (Å²) in [7, 11) is 0. The molecule has 0 amide bonds. The summed E-state index contributed by atoms with van der Waals surface area (Å²) in [5, 5.41) is 0. The van der Waals surface area contributed by atoms with Crippen LogP contribution in [0, 0.1) is 5.92 Å². The minimum absolute atomic E-state index is 0.178. The van der Waals surface area contributed by atoms with Gasteiger partial charge in [0.15, 0.2) is 6.23 Å². The van der Waals surface area contributed by atoms with Crippen molar-refractivity contribution in [3.05, 3.63) is 29.8 Å². The van der Waals surface area contributed by atoms with Crippen molar-refractivity contribution in [3.63, 3.8) is 0 Å². The van der Waals surface area contributed by atoms with Gasteiger partial charge in [-0.15, -0.1) is 0 Å². The first kappa shape index (κ1) is 15.2. The standard InChI is InChI=1S/C14H19NO4/c1-9(2)8-13(15)19-14(17)11-6-4-5-7-12(11)18-10(3)16/h4-7,9,13H,8,15H2,1-3H3. The largest absolute Gasteiger partial charge is 0.443 e. The van der Waals surface area contributed by atoms with Crippen LogP contribution < -0.4 is 10.5 Å². The summed E-state index contributed by atoms with van der Waals surface area (Å²) in [6.45, 7) is 5.24. The van der Waals surface area contributed by atoms with E-state index < -0.39 is 18.2 Å². The Bertz CT molecular complexity index is 457. The summed E-state index contributed by atoms with van der Waals surface area (Å²) in [5.74, 6) is -0.583. The summed E-state index contributed by atoms with van der Waals surface area (Å²) in [6.07, 6.45) is -0.0977. The topological polar surface area (TPSA) is 78.6 Å². The lowest BCUT2D eigenvalue weighted by atomic mass is 10.1. The van der Waals surface area contributed by atoms with Crippen LogP contribution in [-0.2, 0) is 9.53 Å². The fraction of sp³-hybridized carbons (Fsp3) is 0.429. The maximum Gasteiger partial charge on any atom is 0.343 e. The van der Waals surface area contributed by atoms with Gasteiger partial charge >= 0.3 is 11.9 Å². The van der Waals surface area contributed by atoms with Crippen molar-refractivity contribution < 1.29 is 19.1 Å². The van der Waals surface area contributed by atoms with E-state index in [1.165, 1.54) is 19.1 Å². The second kappa shape index (κ2) is 6.89. The van der Waals surface area contributed by atoms with Crippen molar-refractivity contribution in [2.75, 3.05) is 0 Å². The quantitative estimate of drug-likeness (QED) is 0.501. The monoisotopic (exact) mass is 265 g/mol. The number of rotatable bonds is 5. The van der Waals surface area contributed by atoms with E-state index in [-0.39, 0.29) is 11.3 Å². The zero-order valence-corrected chi connectivity index (χ0v) is 11.4. The first-order valence-electron chi connectivity index (χ1n) is 6.14. The second-order valence-corrected chi connectivity index (χ2v) is 4.66. The molecule has 1 rings (SSSR count). The third kappa shape index (κ3) is 5.09. The van der Waals surface area contributed by atoms with Crippen LogP contribution in [0.4, 0.5) is 0 Å². The minimum Gasteiger partial charge on any atom is -0.443 e. The molecule has 5 heteroatoms. The maximum absolute atomic E-state index is 11.9. The Hall–Kier alpha value is -1.88. The zero-order valence-electron chi connectivity index (χ0n) is 11.4. The van der Waals surface area contributed by atoms with Gasteiger partial charge in [0.1, 0.15) is 11.3 Å². The van der Waals surface area contributed by atoms with Crippen LogP contribution >= 0.6 is 0 Å². The van der Waals surface area contributed by atoms with Gasteiger partial charge in [-0.25, -0.2) is 4.79 Å². The van der Waals surface area contributed by atoms with E-state index in [2.05, 4.69) is 0 Å². The first-order valence-corrected chi connectivity index (χ1v) is 6.14. The number of nitrogens with two attached hydrogens (primary N) is 1. The van der Waals surface area contributed by atoms with Gasteiger partial charge in [0.05, 0.1) is 0 Å². The van der Waals surface area contributed by atoms with Gasteiger partial charge in [-0.2, -0.15) is 0 Å². The van der Waals surface area contributed by atoms with E-state index in [4.69, 9.17) is 15.2 Å². The average Bonchev–Trinajstić information content (AvgIpc) is 2.27. The smallest absolute Gasteiger partial charge is 0.343 e. The summed E-state index contributed by atoms with van der Waals surface area (Å²) in [4.78, 5) is 22.9. The number of hydrogen-bond donors (Lipinski definition) is 1. The highest BCUT2D eigenvalue weighted by atomic mass is 16.6. The van der Waals surface area contributed by atoms with Crippen LogP contribution in [0.3, 0.4) is 0 Å². The molecule has 0 aliphatic rings. The minimum atomic E-state index is -0.669. The zero-order chi connectivity index (χ0) is 14.4. The van der Waals surface area contributed by atoms with E-state index in [1.54, 1.807) is 12.1 Å². The van der Waals surface area contributed by atoms with Gasteiger partial charge in [-0.1, -0.05) is 26.0 Å². The Morgan fingerprint density at radius 1 is 1.26 bits per heavy atom. The summed E-state index contributed by atoms with van der Waals surface area (Å²) < 4.78 is 10.1. The van der Waals surface area contributed by atoms with Gasteiger partial charge < -0.3 is 9.47 Å². The fourth-order valence-corrected chi connectivity index (χ4v) is 1.59. The molecule has 1 aromatic rings. The number of para-hydroxylation sites is 1. The Kier molecular flexibility index (Phi) is 5.51. The SMILES string of the molecule is CC(=O)Oc1ccccc1C(=O)OC(N)CC(C)C. The molecule has 0 fully saturated rings. The van der Waals surface area contributed by atoms with Crippen LogP contribution in [-0.4, -0.2) is 18.2 Å². The molecule has 5 nitrogen and oxygen atoms in total. The number of hydrogen-bond acceptors (Lipinski definition) is 5. The molecule has 1 aromatic carbocycles. The number of benzene rings is 1. The Labute approximate surface area is 112 Å². The van der Waals surface area contributed by atoms with Crippen LogP contribution in [0.2, 0.25) is 0 Å². The molecule has 0 saturated carbocycles. The van der Waals surface area contributed by atoms with E-state index in [9.17, 15) is 9.59 Å². The van der Waals surface area contributed by atoms with E-state index >= 15 is 0 Å². The van der Waals surface area contributed by atoms with Gasteiger partial charge in [-0.3, -0.25) is 10.5 Å². The van der Waals surface area contributed by atoms with Crippen LogP contribution in [0.15, 0.2) is 24.3 Å². The highest BCUT2D eigenvalue weighted by molar-refractivity contribution is 5.93. The van der Waals surface area contributed by atoms with Crippen LogP contribution in [0.5, 0.6) is 5.75 Å². The Balaban J connectivity index is 2.79. The van der Waals surface area contributed by atoms with E-state index in [0.717, 1.165) is 0 Å².